The van der Waals surface area contributed by atoms with E-state index in [1.54, 1.807) is 6.07 Å². The van der Waals surface area contributed by atoms with Crippen molar-refractivity contribution in [3.63, 3.8) is 0 Å². The molecule has 0 atom stereocenters. The average Bonchev–Trinajstić information content (AvgIpc) is 2.15. The number of hydrogen-bond donors (Lipinski definition) is 0. The van der Waals surface area contributed by atoms with Crippen LogP contribution in [0.5, 0.6) is 0 Å². The first-order valence-electron chi connectivity index (χ1n) is 4.38. The van der Waals surface area contributed by atoms with Gasteiger partial charge in [0.1, 0.15) is 0 Å². The van der Waals surface area contributed by atoms with Gasteiger partial charge in [0, 0.05) is 12.4 Å². The lowest BCUT2D eigenvalue weighted by molar-refractivity contribution is 0.0458. The van der Waals surface area contributed by atoms with E-state index in [2.05, 4.69) is 4.98 Å². The van der Waals surface area contributed by atoms with Crippen molar-refractivity contribution in [2.24, 2.45) is 5.92 Å². The largest absolute Gasteiger partial charge is 0.462 e. The summed E-state index contributed by atoms with van der Waals surface area (Å²) in [6.07, 6.45) is 2.94. The molecule has 76 valence electrons. The van der Waals surface area contributed by atoms with E-state index in [1.165, 1.54) is 12.4 Å². The second kappa shape index (κ2) is 4.96. The normalized spacial score (nSPS) is 10.3. The third kappa shape index (κ3) is 3.00. The zero-order valence-electron chi connectivity index (χ0n) is 8.16. The molecule has 0 saturated carbocycles. The van der Waals surface area contributed by atoms with Crippen molar-refractivity contribution in [3.05, 3.63) is 29.0 Å². The maximum atomic E-state index is 11.4. The third-order valence-corrected chi connectivity index (χ3v) is 1.87. The van der Waals surface area contributed by atoms with Crippen LogP contribution < -0.4 is 0 Å². The van der Waals surface area contributed by atoms with E-state index in [9.17, 15) is 4.79 Å². The van der Waals surface area contributed by atoms with E-state index < -0.39 is 5.97 Å². The Balaban J connectivity index is 2.65. The maximum Gasteiger partial charge on any atom is 0.341 e. The van der Waals surface area contributed by atoms with E-state index in [1.807, 2.05) is 13.8 Å². The number of ether oxygens (including phenoxy) is 1. The standard InChI is InChI=1S/C10H12ClNO2/c1-7(2)6-14-10(13)8-5-12-4-3-9(8)11/h3-5,7H,6H2,1-2H3. The summed E-state index contributed by atoms with van der Waals surface area (Å²) >= 11 is 5.79. The second-order valence-corrected chi connectivity index (χ2v) is 3.76. The topological polar surface area (TPSA) is 39.2 Å². The highest BCUT2D eigenvalue weighted by molar-refractivity contribution is 6.33. The molecule has 1 aromatic heterocycles. The van der Waals surface area contributed by atoms with Crippen molar-refractivity contribution in [3.8, 4) is 0 Å². The number of aromatic nitrogens is 1. The van der Waals surface area contributed by atoms with E-state index in [-0.39, 0.29) is 0 Å². The van der Waals surface area contributed by atoms with Crippen LogP contribution in [-0.4, -0.2) is 17.6 Å². The number of carbonyl (C=O) groups is 1. The Bertz CT molecular complexity index is 326. The van der Waals surface area contributed by atoms with E-state index in [4.69, 9.17) is 16.3 Å². The van der Waals surface area contributed by atoms with Crippen LogP contribution in [0.4, 0.5) is 0 Å². The molecular weight excluding hydrogens is 202 g/mol. The van der Waals surface area contributed by atoms with Gasteiger partial charge in [0.05, 0.1) is 17.2 Å². The summed E-state index contributed by atoms with van der Waals surface area (Å²) in [7, 11) is 0. The molecule has 0 spiro atoms. The van der Waals surface area contributed by atoms with E-state index >= 15 is 0 Å². The van der Waals surface area contributed by atoms with Crippen LogP contribution in [0.25, 0.3) is 0 Å². The molecule has 0 aliphatic heterocycles. The van der Waals surface area contributed by atoms with Crippen LogP contribution in [0.1, 0.15) is 24.2 Å². The van der Waals surface area contributed by atoms with Crippen LogP contribution in [0.3, 0.4) is 0 Å². The van der Waals surface area contributed by atoms with Crippen LogP contribution in [0, 0.1) is 5.92 Å². The molecule has 0 bridgehead atoms. The highest BCUT2D eigenvalue weighted by Crippen LogP contribution is 2.14. The van der Waals surface area contributed by atoms with Gasteiger partial charge in [-0.15, -0.1) is 0 Å². The van der Waals surface area contributed by atoms with E-state index in [0.29, 0.717) is 23.1 Å². The number of rotatable bonds is 3. The molecule has 3 nitrogen and oxygen atoms in total. The lowest BCUT2D eigenvalue weighted by atomic mass is 10.2. The summed E-state index contributed by atoms with van der Waals surface area (Å²) in [5, 5.41) is 0.369. The Morgan fingerprint density at radius 2 is 2.36 bits per heavy atom. The van der Waals surface area contributed by atoms with Crippen molar-refractivity contribution in [1.82, 2.24) is 4.98 Å². The number of halogens is 1. The van der Waals surface area contributed by atoms with Crippen LogP contribution in [-0.2, 0) is 4.74 Å². The molecule has 0 radical (unpaired) electrons. The van der Waals surface area contributed by atoms with Gasteiger partial charge in [-0.2, -0.15) is 0 Å². The highest BCUT2D eigenvalue weighted by atomic mass is 35.5. The Kier molecular flexibility index (Phi) is 3.89. The predicted molar refractivity (Wildman–Crippen MR) is 54.4 cm³/mol. The summed E-state index contributed by atoms with van der Waals surface area (Å²) in [5.41, 5.74) is 0.315. The molecule has 0 aliphatic carbocycles. The Labute approximate surface area is 88.1 Å². The molecule has 14 heavy (non-hydrogen) atoms. The van der Waals surface area contributed by atoms with Crippen LogP contribution in [0.15, 0.2) is 18.5 Å². The van der Waals surface area contributed by atoms with Gasteiger partial charge in [0.25, 0.3) is 0 Å². The molecule has 0 amide bonds. The minimum absolute atomic E-state index is 0.314. The molecule has 0 aromatic carbocycles. The molecule has 0 saturated heterocycles. The molecule has 4 heteroatoms. The number of pyridine rings is 1. The summed E-state index contributed by atoms with van der Waals surface area (Å²) in [5.74, 6) is -0.105. The predicted octanol–water partition coefficient (Wildman–Crippen LogP) is 2.55. The molecule has 0 N–H and O–H groups in total. The summed E-state index contributed by atoms with van der Waals surface area (Å²) < 4.78 is 5.01. The SMILES string of the molecule is CC(C)COC(=O)c1cnccc1Cl. The van der Waals surface area contributed by atoms with Crippen molar-refractivity contribution in [2.75, 3.05) is 6.61 Å². The summed E-state index contributed by atoms with van der Waals surface area (Å²) in [4.78, 5) is 15.2. The van der Waals surface area contributed by atoms with Crippen LogP contribution in [0.2, 0.25) is 5.02 Å². The van der Waals surface area contributed by atoms with Crippen molar-refractivity contribution in [2.45, 2.75) is 13.8 Å². The fourth-order valence-corrected chi connectivity index (χ4v) is 1.03. The zero-order valence-corrected chi connectivity index (χ0v) is 8.91. The minimum atomic E-state index is -0.420. The molecule has 1 rings (SSSR count). The van der Waals surface area contributed by atoms with Crippen molar-refractivity contribution < 1.29 is 9.53 Å². The third-order valence-electron chi connectivity index (χ3n) is 1.54. The Morgan fingerprint density at radius 1 is 1.64 bits per heavy atom. The van der Waals surface area contributed by atoms with Gasteiger partial charge < -0.3 is 4.74 Å². The smallest absolute Gasteiger partial charge is 0.341 e. The lowest BCUT2D eigenvalue weighted by Gasteiger charge is -2.07. The van der Waals surface area contributed by atoms with Crippen molar-refractivity contribution in [1.29, 1.82) is 0 Å². The lowest BCUT2D eigenvalue weighted by Crippen LogP contribution is -2.10. The number of esters is 1. The fraction of sp³-hybridized carbons (Fsp3) is 0.400. The van der Waals surface area contributed by atoms with E-state index in [0.717, 1.165) is 0 Å². The first-order chi connectivity index (χ1) is 6.61. The fourth-order valence-electron chi connectivity index (χ4n) is 0.848. The number of carbonyl (C=O) groups excluding carboxylic acids is 1. The van der Waals surface area contributed by atoms with Gasteiger partial charge >= 0.3 is 5.97 Å². The quantitative estimate of drug-likeness (QED) is 0.725. The van der Waals surface area contributed by atoms with Gasteiger partial charge in [-0.05, 0) is 12.0 Å². The second-order valence-electron chi connectivity index (χ2n) is 3.35. The summed E-state index contributed by atoms with van der Waals surface area (Å²) in [6.45, 7) is 4.33. The highest BCUT2D eigenvalue weighted by Gasteiger charge is 2.11. The summed E-state index contributed by atoms with van der Waals surface area (Å²) in [6, 6.07) is 1.56. The molecule has 0 fully saturated rings. The number of hydrogen-bond acceptors (Lipinski definition) is 3. The first-order valence-corrected chi connectivity index (χ1v) is 4.75. The minimum Gasteiger partial charge on any atom is -0.462 e. The number of nitrogens with zero attached hydrogens (tertiary/aromatic N) is 1. The maximum absolute atomic E-state index is 11.4. The molecule has 1 heterocycles. The Hall–Kier alpha value is -1.09. The molecule has 0 aliphatic rings. The van der Waals surface area contributed by atoms with Crippen LogP contribution >= 0.6 is 11.6 Å². The van der Waals surface area contributed by atoms with Gasteiger partial charge in [0.2, 0.25) is 0 Å². The zero-order chi connectivity index (χ0) is 10.6. The monoisotopic (exact) mass is 213 g/mol. The van der Waals surface area contributed by atoms with Gasteiger partial charge in [0.15, 0.2) is 0 Å². The van der Waals surface area contributed by atoms with Crippen molar-refractivity contribution >= 4 is 17.6 Å². The molecular formula is C10H12ClNO2. The Morgan fingerprint density at radius 3 is 2.93 bits per heavy atom. The molecule has 1 aromatic rings. The van der Waals surface area contributed by atoms with Gasteiger partial charge in [-0.1, -0.05) is 25.4 Å². The first kappa shape index (κ1) is 11.0. The average molecular weight is 214 g/mol. The molecule has 0 unspecified atom stereocenters. The van der Waals surface area contributed by atoms with Gasteiger partial charge in [-0.25, -0.2) is 4.79 Å². The van der Waals surface area contributed by atoms with Gasteiger partial charge in [-0.3, -0.25) is 4.98 Å².